The summed E-state index contributed by atoms with van der Waals surface area (Å²) in [4.78, 5) is 10.6. The third kappa shape index (κ3) is 3.38. The van der Waals surface area contributed by atoms with Crippen LogP contribution >= 0.6 is 11.8 Å². The Morgan fingerprint density at radius 3 is 2.83 bits per heavy atom. The molecule has 1 saturated heterocycles. The molecule has 0 aliphatic carbocycles. The predicted molar refractivity (Wildman–Crippen MR) is 76.4 cm³/mol. The Balaban J connectivity index is 2.03. The number of anilines is 1. The normalized spacial score (nSPS) is 16.5. The molecule has 5 heteroatoms. The van der Waals surface area contributed by atoms with Crippen molar-refractivity contribution in [2.75, 3.05) is 23.4 Å². The van der Waals surface area contributed by atoms with Crippen LogP contribution in [0.1, 0.15) is 18.4 Å². The minimum absolute atomic E-state index is 0.172. The molecule has 0 aromatic heterocycles. The summed E-state index contributed by atoms with van der Waals surface area (Å²) in [5.41, 5.74) is 1.87. The Morgan fingerprint density at radius 2 is 2.17 bits per heavy atom. The van der Waals surface area contributed by atoms with Gasteiger partial charge in [0, 0.05) is 12.6 Å². The molecule has 0 radical (unpaired) electrons. The summed E-state index contributed by atoms with van der Waals surface area (Å²) >= 11 is 1.99. The molecule has 0 saturated carbocycles. The molecule has 1 heterocycles. The minimum Gasteiger partial charge on any atom is -0.379 e. The fourth-order valence-electron chi connectivity index (χ4n) is 2.16. The molecule has 1 aromatic rings. The SMILES string of the molecule is Cc1ccc([N+](=O)[O-])c(NCC2CCSCC2)c1. The van der Waals surface area contributed by atoms with Crippen LogP contribution in [0.2, 0.25) is 0 Å². The highest BCUT2D eigenvalue weighted by Gasteiger charge is 2.17. The summed E-state index contributed by atoms with van der Waals surface area (Å²) in [7, 11) is 0. The molecule has 1 N–H and O–H groups in total. The first-order valence-corrected chi connectivity index (χ1v) is 7.39. The van der Waals surface area contributed by atoms with E-state index in [1.807, 2.05) is 24.8 Å². The minimum atomic E-state index is -0.321. The van der Waals surface area contributed by atoms with Gasteiger partial charge in [-0.25, -0.2) is 0 Å². The number of nitrogens with one attached hydrogen (secondary N) is 1. The monoisotopic (exact) mass is 266 g/mol. The fourth-order valence-corrected chi connectivity index (χ4v) is 3.36. The summed E-state index contributed by atoms with van der Waals surface area (Å²) in [6.07, 6.45) is 2.41. The van der Waals surface area contributed by atoms with Crippen LogP contribution < -0.4 is 5.32 Å². The molecular weight excluding hydrogens is 248 g/mol. The van der Waals surface area contributed by atoms with Crippen molar-refractivity contribution in [2.45, 2.75) is 19.8 Å². The number of thioether (sulfide) groups is 1. The zero-order valence-electron chi connectivity index (χ0n) is 10.5. The second-order valence-corrected chi connectivity index (χ2v) is 5.94. The van der Waals surface area contributed by atoms with Gasteiger partial charge in [0.15, 0.2) is 0 Å². The quantitative estimate of drug-likeness (QED) is 0.670. The number of nitro benzene ring substituents is 1. The number of hydrogen-bond donors (Lipinski definition) is 1. The first-order valence-electron chi connectivity index (χ1n) is 6.23. The van der Waals surface area contributed by atoms with Crippen LogP contribution in [0.15, 0.2) is 18.2 Å². The Labute approximate surface area is 111 Å². The van der Waals surface area contributed by atoms with Gasteiger partial charge in [-0.1, -0.05) is 6.07 Å². The van der Waals surface area contributed by atoms with Gasteiger partial charge in [0.2, 0.25) is 0 Å². The maximum Gasteiger partial charge on any atom is 0.292 e. The van der Waals surface area contributed by atoms with Gasteiger partial charge < -0.3 is 5.32 Å². The predicted octanol–water partition coefficient (Wildman–Crippen LogP) is 3.46. The van der Waals surface area contributed by atoms with Crippen LogP contribution in [-0.4, -0.2) is 23.0 Å². The Morgan fingerprint density at radius 1 is 1.44 bits per heavy atom. The van der Waals surface area contributed by atoms with Crippen LogP contribution in [0.4, 0.5) is 11.4 Å². The standard InChI is InChI=1S/C13H18N2O2S/c1-10-2-3-13(15(16)17)12(8-10)14-9-11-4-6-18-7-5-11/h2-3,8,11,14H,4-7,9H2,1H3. The average Bonchev–Trinajstić information content (AvgIpc) is 2.37. The van der Waals surface area contributed by atoms with Crippen molar-refractivity contribution in [3.05, 3.63) is 33.9 Å². The van der Waals surface area contributed by atoms with Crippen LogP contribution in [0.5, 0.6) is 0 Å². The number of nitro groups is 1. The third-order valence-electron chi connectivity index (χ3n) is 3.27. The van der Waals surface area contributed by atoms with Gasteiger partial charge >= 0.3 is 0 Å². The van der Waals surface area contributed by atoms with Gasteiger partial charge in [-0.2, -0.15) is 11.8 Å². The van der Waals surface area contributed by atoms with Crippen LogP contribution in [0.25, 0.3) is 0 Å². The molecule has 1 aliphatic heterocycles. The van der Waals surface area contributed by atoms with E-state index < -0.39 is 0 Å². The van der Waals surface area contributed by atoms with Crippen molar-refractivity contribution >= 4 is 23.1 Å². The van der Waals surface area contributed by atoms with Crippen molar-refractivity contribution in [2.24, 2.45) is 5.92 Å². The van der Waals surface area contributed by atoms with Crippen molar-refractivity contribution in [3.8, 4) is 0 Å². The van der Waals surface area contributed by atoms with E-state index in [0.29, 0.717) is 11.6 Å². The summed E-state index contributed by atoms with van der Waals surface area (Å²) in [5.74, 6) is 3.07. The summed E-state index contributed by atoms with van der Waals surface area (Å²) in [6, 6.07) is 5.21. The number of nitrogens with zero attached hydrogens (tertiary/aromatic N) is 1. The van der Waals surface area contributed by atoms with Crippen LogP contribution in [0.3, 0.4) is 0 Å². The molecule has 2 rings (SSSR count). The van der Waals surface area contributed by atoms with E-state index in [-0.39, 0.29) is 10.6 Å². The lowest BCUT2D eigenvalue weighted by Crippen LogP contribution is -2.19. The second kappa shape index (κ2) is 6.09. The topological polar surface area (TPSA) is 55.2 Å². The van der Waals surface area contributed by atoms with E-state index in [1.54, 1.807) is 12.1 Å². The molecule has 4 nitrogen and oxygen atoms in total. The number of benzene rings is 1. The lowest BCUT2D eigenvalue weighted by Gasteiger charge is -2.22. The molecule has 98 valence electrons. The van der Waals surface area contributed by atoms with Gasteiger partial charge in [0.25, 0.3) is 5.69 Å². The van der Waals surface area contributed by atoms with E-state index in [2.05, 4.69) is 5.32 Å². The average molecular weight is 266 g/mol. The lowest BCUT2D eigenvalue weighted by atomic mass is 10.0. The lowest BCUT2D eigenvalue weighted by molar-refractivity contribution is -0.384. The molecule has 0 atom stereocenters. The van der Waals surface area contributed by atoms with Gasteiger partial charge in [-0.05, 0) is 48.8 Å². The summed E-state index contributed by atoms with van der Waals surface area (Å²) < 4.78 is 0. The Bertz CT molecular complexity index is 431. The maximum absolute atomic E-state index is 10.9. The van der Waals surface area contributed by atoms with E-state index in [1.165, 1.54) is 24.3 Å². The molecule has 0 spiro atoms. The second-order valence-electron chi connectivity index (χ2n) is 4.71. The van der Waals surface area contributed by atoms with Gasteiger partial charge in [-0.15, -0.1) is 0 Å². The zero-order valence-corrected chi connectivity index (χ0v) is 11.3. The molecule has 0 unspecified atom stereocenters. The summed E-state index contributed by atoms with van der Waals surface area (Å²) in [5, 5.41) is 14.2. The number of aryl methyl sites for hydroxylation is 1. The number of hydrogen-bond acceptors (Lipinski definition) is 4. The van der Waals surface area contributed by atoms with E-state index in [0.717, 1.165) is 12.1 Å². The van der Waals surface area contributed by atoms with Crippen molar-refractivity contribution in [3.63, 3.8) is 0 Å². The Hall–Kier alpha value is -1.23. The van der Waals surface area contributed by atoms with Gasteiger partial charge in [0.1, 0.15) is 5.69 Å². The fraction of sp³-hybridized carbons (Fsp3) is 0.538. The molecule has 0 bridgehead atoms. The molecule has 18 heavy (non-hydrogen) atoms. The van der Waals surface area contributed by atoms with Crippen LogP contribution in [0, 0.1) is 23.0 Å². The zero-order chi connectivity index (χ0) is 13.0. The molecule has 1 aliphatic rings. The highest BCUT2D eigenvalue weighted by Crippen LogP contribution is 2.27. The van der Waals surface area contributed by atoms with E-state index in [4.69, 9.17) is 0 Å². The molecule has 0 amide bonds. The van der Waals surface area contributed by atoms with Gasteiger partial charge in [-0.3, -0.25) is 10.1 Å². The molecule has 1 aromatic carbocycles. The van der Waals surface area contributed by atoms with Crippen molar-refractivity contribution in [1.29, 1.82) is 0 Å². The third-order valence-corrected chi connectivity index (χ3v) is 4.32. The van der Waals surface area contributed by atoms with Crippen molar-refractivity contribution in [1.82, 2.24) is 0 Å². The van der Waals surface area contributed by atoms with E-state index >= 15 is 0 Å². The van der Waals surface area contributed by atoms with Crippen molar-refractivity contribution < 1.29 is 4.92 Å². The van der Waals surface area contributed by atoms with Gasteiger partial charge in [0.05, 0.1) is 4.92 Å². The highest BCUT2D eigenvalue weighted by atomic mass is 32.2. The highest BCUT2D eigenvalue weighted by molar-refractivity contribution is 7.99. The molecule has 1 fully saturated rings. The number of rotatable bonds is 4. The molecular formula is C13H18N2O2S. The van der Waals surface area contributed by atoms with Crippen LogP contribution in [-0.2, 0) is 0 Å². The first-order chi connectivity index (χ1) is 8.66. The first kappa shape index (κ1) is 13.2. The largest absolute Gasteiger partial charge is 0.379 e. The maximum atomic E-state index is 10.9. The van der Waals surface area contributed by atoms with E-state index in [9.17, 15) is 10.1 Å². The smallest absolute Gasteiger partial charge is 0.292 e. The Kier molecular flexibility index (Phi) is 4.47. The summed E-state index contributed by atoms with van der Waals surface area (Å²) in [6.45, 7) is 2.79.